The van der Waals surface area contributed by atoms with E-state index in [0.717, 1.165) is 32.4 Å². The molecule has 5 rings (SSSR count). The first-order valence-electron chi connectivity index (χ1n) is 11.6. The van der Waals surface area contributed by atoms with E-state index in [-0.39, 0.29) is 29.0 Å². The van der Waals surface area contributed by atoms with Gasteiger partial charge in [-0.15, -0.1) is 0 Å². The lowest BCUT2D eigenvalue weighted by atomic mass is 9.76. The molecule has 0 radical (unpaired) electrons. The van der Waals surface area contributed by atoms with Crippen LogP contribution in [0.25, 0.3) is 0 Å². The number of fused-ring (bicyclic) bond motifs is 4. The molecule has 4 fully saturated rings. The quantitative estimate of drug-likeness (QED) is 0.705. The van der Waals surface area contributed by atoms with Gasteiger partial charge in [0.05, 0.1) is 6.33 Å². The molecule has 1 N–H and O–H groups in total. The number of carbonyl (C=O) groups excluding carboxylic acids is 2. The Hall–Kier alpha value is -2.14. The molecule has 176 valence electrons. The lowest BCUT2D eigenvalue weighted by Crippen LogP contribution is -2.62. The van der Waals surface area contributed by atoms with Crippen LogP contribution in [0.2, 0.25) is 0 Å². The molecule has 4 saturated heterocycles. The number of carbonyl (C=O) groups is 2. The minimum atomic E-state index is -3.65. The summed E-state index contributed by atoms with van der Waals surface area (Å²) in [6.45, 7) is 3.28. The maximum atomic E-state index is 13.2. The minimum Gasteiger partial charge on any atom is -0.339 e. The van der Waals surface area contributed by atoms with Gasteiger partial charge < -0.3 is 19.3 Å². The number of nitrogens with zero attached hydrogens (tertiary/aromatic N) is 5. The van der Waals surface area contributed by atoms with Crippen molar-refractivity contribution in [2.75, 3.05) is 32.7 Å². The summed E-state index contributed by atoms with van der Waals surface area (Å²) in [4.78, 5) is 35.4. The van der Waals surface area contributed by atoms with E-state index in [9.17, 15) is 18.0 Å². The van der Waals surface area contributed by atoms with Gasteiger partial charge >= 0.3 is 6.03 Å². The summed E-state index contributed by atoms with van der Waals surface area (Å²) in [5.41, 5.74) is 0. The van der Waals surface area contributed by atoms with Crippen LogP contribution in [0.5, 0.6) is 0 Å². The van der Waals surface area contributed by atoms with Crippen LogP contribution in [-0.2, 0) is 21.9 Å². The second-order valence-corrected chi connectivity index (χ2v) is 11.5. The minimum absolute atomic E-state index is 0.0219. The van der Waals surface area contributed by atoms with Crippen molar-refractivity contribution in [1.29, 1.82) is 0 Å². The smallest absolute Gasteiger partial charge is 0.320 e. The molecule has 2 bridgehead atoms. The summed E-state index contributed by atoms with van der Waals surface area (Å²) in [5.74, 6) is 1.02. The number of hydrogen-bond donors (Lipinski definition) is 1. The van der Waals surface area contributed by atoms with Crippen molar-refractivity contribution in [3.8, 4) is 0 Å². The standard InChI is InChI=1S/C21H32N6O4S/c1-24-13-19(22-14-24)32(30,31)23-17-5-7-25(8-6-17)21(29)26-10-15-9-16(12-26)18-3-2-4-20(28)27(18)11-15/h13-18,23H,2-12H2,1H3/t15-,16-,18-/m1/s1. The van der Waals surface area contributed by atoms with Crippen molar-refractivity contribution in [3.63, 3.8) is 0 Å². The highest BCUT2D eigenvalue weighted by atomic mass is 32.2. The maximum Gasteiger partial charge on any atom is 0.320 e. The maximum absolute atomic E-state index is 13.2. The highest BCUT2D eigenvalue weighted by molar-refractivity contribution is 7.89. The van der Waals surface area contributed by atoms with E-state index in [0.29, 0.717) is 50.7 Å². The summed E-state index contributed by atoms with van der Waals surface area (Å²) in [6, 6.07) is 0.143. The van der Waals surface area contributed by atoms with Gasteiger partial charge in [-0.05, 0) is 43.9 Å². The predicted molar refractivity (Wildman–Crippen MR) is 116 cm³/mol. The summed E-state index contributed by atoms with van der Waals surface area (Å²) in [5, 5.41) is 0.0219. The molecule has 3 atom stereocenters. The molecule has 1 aromatic heterocycles. The normalized spacial score (nSPS) is 29.2. The number of imidazole rings is 1. The molecule has 5 heterocycles. The molecule has 4 aliphatic heterocycles. The Kier molecular flexibility index (Phi) is 5.65. The highest BCUT2D eigenvalue weighted by Crippen LogP contribution is 2.38. The number of aryl methyl sites for hydroxylation is 1. The third-order valence-electron chi connectivity index (χ3n) is 7.49. The number of nitrogens with one attached hydrogen (secondary N) is 1. The molecule has 0 aromatic carbocycles. The van der Waals surface area contributed by atoms with Crippen molar-refractivity contribution < 1.29 is 18.0 Å². The molecule has 0 unspecified atom stereocenters. The number of hydrogen-bond acceptors (Lipinski definition) is 5. The number of rotatable bonds is 3. The zero-order valence-electron chi connectivity index (χ0n) is 18.5. The fourth-order valence-corrected chi connectivity index (χ4v) is 7.25. The van der Waals surface area contributed by atoms with Crippen LogP contribution < -0.4 is 4.72 Å². The van der Waals surface area contributed by atoms with Crippen LogP contribution in [0.15, 0.2) is 17.6 Å². The lowest BCUT2D eigenvalue weighted by molar-refractivity contribution is -0.144. The Morgan fingerprint density at radius 2 is 1.91 bits per heavy atom. The molecule has 10 nitrogen and oxygen atoms in total. The number of piperidine rings is 4. The Bertz CT molecular complexity index is 986. The Balaban J connectivity index is 1.16. The van der Waals surface area contributed by atoms with Crippen LogP contribution in [0.3, 0.4) is 0 Å². The highest BCUT2D eigenvalue weighted by Gasteiger charge is 2.45. The summed E-state index contributed by atoms with van der Waals surface area (Å²) in [6.07, 6.45) is 7.89. The van der Waals surface area contributed by atoms with Gasteiger partial charge in [0.15, 0.2) is 5.03 Å². The molecule has 11 heteroatoms. The first-order chi connectivity index (χ1) is 15.3. The van der Waals surface area contributed by atoms with E-state index in [2.05, 4.69) is 14.6 Å². The van der Waals surface area contributed by atoms with E-state index < -0.39 is 10.0 Å². The Labute approximate surface area is 189 Å². The summed E-state index contributed by atoms with van der Waals surface area (Å²) in [7, 11) is -1.92. The van der Waals surface area contributed by atoms with E-state index in [4.69, 9.17) is 0 Å². The van der Waals surface area contributed by atoms with Crippen LogP contribution in [0, 0.1) is 11.8 Å². The zero-order valence-corrected chi connectivity index (χ0v) is 19.3. The van der Waals surface area contributed by atoms with Crippen molar-refractivity contribution in [2.24, 2.45) is 18.9 Å². The number of amides is 3. The van der Waals surface area contributed by atoms with Gasteiger partial charge in [-0.25, -0.2) is 22.9 Å². The average Bonchev–Trinajstić information content (AvgIpc) is 3.22. The molecule has 3 amide bonds. The van der Waals surface area contributed by atoms with E-state index in [1.807, 2.05) is 9.80 Å². The van der Waals surface area contributed by atoms with E-state index in [1.54, 1.807) is 11.6 Å². The van der Waals surface area contributed by atoms with Crippen LogP contribution in [0.1, 0.15) is 38.5 Å². The monoisotopic (exact) mass is 464 g/mol. The Morgan fingerprint density at radius 1 is 1.12 bits per heavy atom. The van der Waals surface area contributed by atoms with Gasteiger partial charge in [-0.1, -0.05) is 0 Å². The lowest BCUT2D eigenvalue weighted by Gasteiger charge is -2.53. The van der Waals surface area contributed by atoms with Crippen molar-refractivity contribution in [2.45, 2.75) is 55.6 Å². The van der Waals surface area contributed by atoms with Gasteiger partial charge in [-0.2, -0.15) is 0 Å². The second-order valence-electron chi connectivity index (χ2n) is 9.82. The van der Waals surface area contributed by atoms with Crippen LogP contribution in [-0.4, -0.2) is 89.4 Å². The van der Waals surface area contributed by atoms with E-state index >= 15 is 0 Å². The van der Waals surface area contributed by atoms with Crippen molar-refractivity contribution in [3.05, 3.63) is 12.5 Å². The molecule has 4 aliphatic rings. The molecule has 1 aromatic rings. The zero-order chi connectivity index (χ0) is 22.5. The van der Waals surface area contributed by atoms with Gasteiger partial charge in [-0.3, -0.25) is 4.79 Å². The van der Waals surface area contributed by atoms with Crippen molar-refractivity contribution >= 4 is 22.0 Å². The molecule has 0 saturated carbocycles. The molecule has 0 spiro atoms. The van der Waals surface area contributed by atoms with Gasteiger partial charge in [0.2, 0.25) is 5.91 Å². The van der Waals surface area contributed by atoms with Gasteiger partial charge in [0.1, 0.15) is 0 Å². The first kappa shape index (κ1) is 21.7. The SMILES string of the molecule is Cn1cnc(S(=O)(=O)NC2CCN(C(=O)N3C[C@H]4C[C@H](C3)[C@H]3CCCC(=O)N3C4)CC2)c1. The fraction of sp³-hybridized carbons (Fsp3) is 0.762. The average molecular weight is 465 g/mol. The van der Waals surface area contributed by atoms with Crippen LogP contribution in [0.4, 0.5) is 4.79 Å². The topological polar surface area (TPSA) is 108 Å². The molecule has 32 heavy (non-hydrogen) atoms. The molecular formula is C21H32N6O4S. The molecular weight excluding hydrogens is 432 g/mol. The predicted octanol–water partition coefficient (Wildman–Crippen LogP) is 0.616. The first-order valence-corrected chi connectivity index (χ1v) is 13.1. The summed E-state index contributed by atoms with van der Waals surface area (Å²) >= 11 is 0. The number of aromatic nitrogens is 2. The largest absolute Gasteiger partial charge is 0.339 e. The third-order valence-corrected chi connectivity index (χ3v) is 8.90. The van der Waals surface area contributed by atoms with Gasteiger partial charge in [0.25, 0.3) is 10.0 Å². The number of likely N-dealkylation sites (tertiary alicyclic amines) is 2. The molecule has 0 aliphatic carbocycles. The fourth-order valence-electron chi connectivity index (χ4n) is 5.96. The number of urea groups is 1. The van der Waals surface area contributed by atoms with Crippen LogP contribution >= 0.6 is 0 Å². The van der Waals surface area contributed by atoms with E-state index in [1.165, 1.54) is 12.5 Å². The third kappa shape index (κ3) is 4.12. The summed E-state index contributed by atoms with van der Waals surface area (Å²) < 4.78 is 29.4. The number of sulfonamides is 1. The van der Waals surface area contributed by atoms with Gasteiger partial charge in [0, 0.05) is 64.5 Å². The van der Waals surface area contributed by atoms with Crippen molar-refractivity contribution in [1.82, 2.24) is 29.0 Å². The second kappa shape index (κ2) is 8.33. The Morgan fingerprint density at radius 3 is 2.62 bits per heavy atom.